The quantitative estimate of drug-likeness (QED) is 0.660. The van der Waals surface area contributed by atoms with E-state index in [1.165, 1.54) is 38.5 Å². The highest BCUT2D eigenvalue weighted by molar-refractivity contribution is 7.53. The van der Waals surface area contributed by atoms with Gasteiger partial charge >= 0.3 is 8.17 Å². The van der Waals surface area contributed by atoms with E-state index in [-0.39, 0.29) is 6.10 Å². The molecule has 0 bridgehead atoms. The molecular weight excluding hydrogens is 227 g/mol. The summed E-state index contributed by atoms with van der Waals surface area (Å²) >= 11 is 0. The van der Waals surface area contributed by atoms with E-state index in [0.29, 0.717) is 0 Å². The minimum absolute atomic E-state index is 0.188. The Morgan fingerprint density at radius 2 is 1.06 bits per heavy atom. The summed E-state index contributed by atoms with van der Waals surface area (Å²) in [5.74, 6) is 0. The predicted molar refractivity (Wildman–Crippen MR) is 64.6 cm³/mol. The van der Waals surface area contributed by atoms with Crippen molar-refractivity contribution in [2.75, 3.05) is 0 Å². The lowest BCUT2D eigenvalue weighted by Gasteiger charge is -2.15. The zero-order valence-corrected chi connectivity index (χ0v) is 10.7. The van der Waals surface area contributed by atoms with Crippen LogP contribution >= 0.6 is 8.17 Å². The van der Waals surface area contributed by atoms with Gasteiger partial charge in [-0.15, -0.1) is 0 Å². The third-order valence-corrected chi connectivity index (χ3v) is 3.67. The summed E-state index contributed by atoms with van der Waals surface area (Å²) in [5.41, 5.74) is 0. The van der Waals surface area contributed by atoms with Crippen LogP contribution in [0.3, 0.4) is 0 Å². The molecule has 4 nitrogen and oxygen atoms in total. The topological polar surface area (TPSA) is 69.9 Å². The van der Waals surface area contributed by atoms with Crippen LogP contribution in [0.1, 0.15) is 64.2 Å². The molecule has 0 atom stereocenters. The van der Waals surface area contributed by atoms with Gasteiger partial charge in [-0.2, -0.15) is 19.2 Å². The molecule has 0 unspecified atom stereocenters. The van der Waals surface area contributed by atoms with Gasteiger partial charge in [0.05, 0.1) is 0 Å². The number of hydrogen-bond donors (Lipinski definition) is 3. The largest absolute Gasteiger partial charge is 0.567 e. The van der Waals surface area contributed by atoms with Gasteiger partial charge in [0.25, 0.3) is 0 Å². The Kier molecular flexibility index (Phi) is 6.78. The Bertz CT molecular complexity index is 169. The van der Waals surface area contributed by atoms with E-state index in [1.807, 2.05) is 0 Å². The molecule has 3 N–H and O–H groups in total. The molecule has 0 aliphatic heterocycles. The zero-order valence-electron chi connectivity index (χ0n) is 9.85. The average molecular weight is 251 g/mol. The first-order valence-corrected chi connectivity index (χ1v) is 7.90. The highest BCUT2D eigenvalue weighted by atomic mass is 31.2. The van der Waals surface area contributed by atoms with Crippen molar-refractivity contribution in [1.82, 2.24) is 0 Å². The van der Waals surface area contributed by atoms with Crippen molar-refractivity contribution in [2.24, 2.45) is 0 Å². The summed E-state index contributed by atoms with van der Waals surface area (Å²) in [5, 5.41) is 0. The van der Waals surface area contributed by atoms with E-state index in [2.05, 4.69) is 0 Å². The van der Waals surface area contributed by atoms with E-state index in [0.717, 1.165) is 25.7 Å². The van der Waals surface area contributed by atoms with Gasteiger partial charge in [-0.25, -0.2) is 0 Å². The Morgan fingerprint density at radius 3 is 1.44 bits per heavy atom. The Hall–Kier alpha value is 0.270. The van der Waals surface area contributed by atoms with Gasteiger partial charge < -0.3 is 0 Å². The first-order chi connectivity index (χ1) is 7.58. The van der Waals surface area contributed by atoms with Gasteiger partial charge in [0.2, 0.25) is 0 Å². The second kappa shape index (κ2) is 7.57. The van der Waals surface area contributed by atoms with Crippen LogP contribution in [0.15, 0.2) is 0 Å². The van der Waals surface area contributed by atoms with Crippen LogP contribution < -0.4 is 0 Å². The molecule has 1 aliphatic carbocycles. The third kappa shape index (κ3) is 7.53. The standard InChI is InChI=1S/C11H24O4P/c12-16(13,14)15-11-9-7-5-3-1-2-4-6-8-10-11/h11-14H,1-10H2/q+1. The molecule has 0 aromatic heterocycles. The molecule has 1 aliphatic rings. The third-order valence-electron chi connectivity index (χ3n) is 3.09. The molecule has 96 valence electrons. The van der Waals surface area contributed by atoms with Crippen molar-refractivity contribution in [2.45, 2.75) is 70.3 Å². The van der Waals surface area contributed by atoms with Crippen molar-refractivity contribution in [3.05, 3.63) is 0 Å². The lowest BCUT2D eigenvalue weighted by molar-refractivity contribution is 0.0912. The molecule has 1 rings (SSSR count). The second-order valence-electron chi connectivity index (χ2n) is 4.65. The van der Waals surface area contributed by atoms with Crippen LogP contribution in [-0.4, -0.2) is 20.8 Å². The minimum atomic E-state index is -4.05. The number of rotatable bonds is 2. The molecule has 5 heteroatoms. The van der Waals surface area contributed by atoms with Gasteiger partial charge in [-0.1, -0.05) is 51.4 Å². The van der Waals surface area contributed by atoms with Gasteiger partial charge in [0.15, 0.2) is 0 Å². The van der Waals surface area contributed by atoms with Crippen LogP contribution in [0.4, 0.5) is 0 Å². The molecule has 0 heterocycles. The van der Waals surface area contributed by atoms with Crippen LogP contribution in [0.25, 0.3) is 0 Å². The number of hydrogen-bond acceptors (Lipinski definition) is 4. The predicted octanol–water partition coefficient (Wildman–Crippen LogP) is 2.94. The average Bonchev–Trinajstić information content (AvgIpc) is 2.22. The van der Waals surface area contributed by atoms with E-state index >= 15 is 0 Å². The summed E-state index contributed by atoms with van der Waals surface area (Å²) in [6.45, 7) is 0. The van der Waals surface area contributed by atoms with Gasteiger partial charge in [0.1, 0.15) is 6.10 Å². The van der Waals surface area contributed by atoms with Crippen LogP contribution in [-0.2, 0) is 4.52 Å². The molecule has 1 fully saturated rings. The van der Waals surface area contributed by atoms with Crippen LogP contribution in [0.2, 0.25) is 0 Å². The lowest BCUT2D eigenvalue weighted by Crippen LogP contribution is -2.13. The van der Waals surface area contributed by atoms with Crippen molar-refractivity contribution in [1.29, 1.82) is 0 Å². The summed E-state index contributed by atoms with van der Waals surface area (Å²) in [6, 6.07) is 0. The van der Waals surface area contributed by atoms with Gasteiger partial charge in [0, 0.05) is 0 Å². The first-order valence-electron chi connectivity index (χ1n) is 6.33. The molecule has 0 saturated heterocycles. The lowest BCUT2D eigenvalue weighted by atomic mass is 10.1. The maximum absolute atomic E-state index is 8.91. The Labute approximate surface area is 98.3 Å². The first kappa shape index (κ1) is 14.3. The summed E-state index contributed by atoms with van der Waals surface area (Å²) in [7, 11) is -4.05. The molecular formula is C11H24O4P+. The molecule has 16 heavy (non-hydrogen) atoms. The summed E-state index contributed by atoms with van der Waals surface area (Å²) in [6.07, 6.45) is 11.0. The molecule has 0 aromatic rings. The highest BCUT2D eigenvalue weighted by Crippen LogP contribution is 2.48. The fourth-order valence-electron chi connectivity index (χ4n) is 2.25. The monoisotopic (exact) mass is 251 g/mol. The second-order valence-corrected chi connectivity index (χ2v) is 5.88. The minimum Gasteiger partial charge on any atom is -0.168 e. The highest BCUT2D eigenvalue weighted by Gasteiger charge is 2.37. The Balaban J connectivity index is 2.33. The smallest absolute Gasteiger partial charge is 0.168 e. The van der Waals surface area contributed by atoms with E-state index in [9.17, 15) is 0 Å². The fourth-order valence-corrected chi connectivity index (χ4v) is 2.87. The molecule has 1 saturated carbocycles. The van der Waals surface area contributed by atoms with Crippen molar-refractivity contribution < 1.29 is 19.2 Å². The van der Waals surface area contributed by atoms with Gasteiger partial charge in [-0.3, -0.25) is 0 Å². The van der Waals surface area contributed by atoms with Crippen LogP contribution in [0.5, 0.6) is 0 Å². The van der Waals surface area contributed by atoms with E-state index < -0.39 is 8.17 Å². The molecule has 0 spiro atoms. The molecule has 0 aromatic carbocycles. The van der Waals surface area contributed by atoms with Crippen LogP contribution in [0, 0.1) is 0 Å². The van der Waals surface area contributed by atoms with Gasteiger partial charge in [-0.05, 0) is 12.8 Å². The normalized spacial score (nSPS) is 22.7. The SMILES string of the molecule is O[P+](O)(O)OC1CCCCCCCCCC1. The maximum Gasteiger partial charge on any atom is 0.567 e. The summed E-state index contributed by atoms with van der Waals surface area (Å²) < 4.78 is 4.93. The molecule has 0 radical (unpaired) electrons. The Morgan fingerprint density at radius 1 is 0.688 bits per heavy atom. The zero-order chi connectivity index (χ0) is 11.9. The van der Waals surface area contributed by atoms with E-state index in [1.54, 1.807) is 0 Å². The maximum atomic E-state index is 8.91. The van der Waals surface area contributed by atoms with E-state index in [4.69, 9.17) is 19.2 Å². The van der Waals surface area contributed by atoms with Crippen molar-refractivity contribution in [3.63, 3.8) is 0 Å². The van der Waals surface area contributed by atoms with Crippen molar-refractivity contribution in [3.8, 4) is 0 Å². The summed E-state index contributed by atoms with van der Waals surface area (Å²) in [4.78, 5) is 26.7. The molecule has 0 amide bonds. The van der Waals surface area contributed by atoms with Crippen molar-refractivity contribution >= 4 is 8.17 Å². The fraction of sp³-hybridized carbons (Fsp3) is 1.00.